The summed E-state index contributed by atoms with van der Waals surface area (Å²) in [5, 5.41) is 9.53. The molecule has 5 heteroatoms. The molecule has 0 bridgehead atoms. The summed E-state index contributed by atoms with van der Waals surface area (Å²) in [6, 6.07) is 10.8. The van der Waals surface area contributed by atoms with Crippen LogP contribution in [0, 0.1) is 24.1 Å². The zero-order valence-corrected chi connectivity index (χ0v) is 12.5. The van der Waals surface area contributed by atoms with Crippen LogP contribution in [0.4, 0.5) is 4.39 Å². The summed E-state index contributed by atoms with van der Waals surface area (Å²) in [6.45, 7) is 1.80. The van der Waals surface area contributed by atoms with E-state index in [1.54, 1.807) is 19.1 Å². The van der Waals surface area contributed by atoms with Crippen molar-refractivity contribution in [3.8, 4) is 6.07 Å². The summed E-state index contributed by atoms with van der Waals surface area (Å²) in [5.74, 6) is -2.53. The number of nitrogens with zero attached hydrogens (tertiary/aromatic N) is 1. The summed E-state index contributed by atoms with van der Waals surface area (Å²) in [5.41, 5.74) is 1.04. The van der Waals surface area contributed by atoms with Crippen molar-refractivity contribution in [3.63, 3.8) is 0 Å². The van der Waals surface area contributed by atoms with Crippen LogP contribution in [-0.4, -0.2) is 5.78 Å². The molecule has 0 heterocycles. The maximum absolute atomic E-state index is 14.0. The SMILES string of the molecule is Cc1ccc(C(=O)C(C#N)c2cccc(Cl)c2F)cc1Cl. The van der Waals surface area contributed by atoms with Gasteiger partial charge in [-0.05, 0) is 24.6 Å². The Morgan fingerprint density at radius 2 is 1.95 bits per heavy atom. The zero-order chi connectivity index (χ0) is 15.6. The van der Waals surface area contributed by atoms with E-state index in [2.05, 4.69) is 0 Å². The molecule has 21 heavy (non-hydrogen) atoms. The first kappa shape index (κ1) is 15.5. The normalized spacial score (nSPS) is 11.8. The lowest BCUT2D eigenvalue weighted by atomic mass is 9.91. The predicted octanol–water partition coefficient (Wildman–Crippen LogP) is 4.93. The monoisotopic (exact) mass is 321 g/mol. The van der Waals surface area contributed by atoms with Gasteiger partial charge < -0.3 is 0 Å². The molecule has 0 aliphatic carbocycles. The van der Waals surface area contributed by atoms with Gasteiger partial charge >= 0.3 is 0 Å². The zero-order valence-electron chi connectivity index (χ0n) is 11.0. The number of ketones is 1. The largest absolute Gasteiger partial charge is 0.292 e. The van der Waals surface area contributed by atoms with Crippen molar-refractivity contribution >= 4 is 29.0 Å². The average Bonchev–Trinajstić information content (AvgIpc) is 2.47. The molecule has 0 radical (unpaired) electrons. The van der Waals surface area contributed by atoms with Crippen LogP contribution < -0.4 is 0 Å². The predicted molar refractivity (Wildman–Crippen MR) is 80.3 cm³/mol. The van der Waals surface area contributed by atoms with Crippen molar-refractivity contribution in [2.75, 3.05) is 0 Å². The topological polar surface area (TPSA) is 40.9 Å². The number of aryl methyl sites for hydroxylation is 1. The first-order valence-electron chi connectivity index (χ1n) is 6.09. The summed E-state index contributed by atoms with van der Waals surface area (Å²) >= 11 is 11.7. The van der Waals surface area contributed by atoms with Gasteiger partial charge in [-0.1, -0.05) is 47.5 Å². The molecule has 0 saturated heterocycles. The Kier molecular flexibility index (Phi) is 4.62. The van der Waals surface area contributed by atoms with E-state index in [9.17, 15) is 14.4 Å². The molecule has 2 rings (SSSR count). The molecule has 0 aliphatic heterocycles. The molecule has 2 aromatic rings. The smallest absolute Gasteiger partial charge is 0.184 e. The molecule has 0 saturated carbocycles. The van der Waals surface area contributed by atoms with E-state index in [1.807, 2.05) is 6.07 Å². The van der Waals surface area contributed by atoms with Crippen LogP contribution >= 0.6 is 23.2 Å². The summed E-state index contributed by atoms with van der Waals surface area (Å²) in [7, 11) is 0. The Bertz CT molecular complexity index is 752. The maximum Gasteiger partial charge on any atom is 0.184 e. The van der Waals surface area contributed by atoms with Gasteiger partial charge in [0.05, 0.1) is 11.1 Å². The first-order chi connectivity index (χ1) is 9.95. The number of carbonyl (C=O) groups is 1. The highest BCUT2D eigenvalue weighted by Crippen LogP contribution is 2.28. The van der Waals surface area contributed by atoms with Gasteiger partial charge in [-0.2, -0.15) is 5.26 Å². The van der Waals surface area contributed by atoms with Gasteiger partial charge in [0.15, 0.2) is 5.78 Å². The van der Waals surface area contributed by atoms with Gasteiger partial charge in [-0.15, -0.1) is 0 Å². The Hall–Kier alpha value is -1.89. The standard InChI is InChI=1S/C16H10Cl2FNO/c1-9-5-6-10(7-14(9)18)16(21)12(8-20)11-3-2-4-13(17)15(11)19/h2-7,12H,1H3. The second-order valence-corrected chi connectivity index (χ2v) is 5.35. The van der Waals surface area contributed by atoms with E-state index in [4.69, 9.17) is 23.2 Å². The molecular formula is C16H10Cl2FNO. The molecule has 1 unspecified atom stereocenters. The number of hydrogen-bond donors (Lipinski definition) is 0. The molecule has 0 N–H and O–H groups in total. The van der Waals surface area contributed by atoms with Crippen molar-refractivity contribution < 1.29 is 9.18 Å². The highest BCUT2D eigenvalue weighted by molar-refractivity contribution is 6.32. The lowest BCUT2D eigenvalue weighted by molar-refractivity contribution is 0.0977. The van der Waals surface area contributed by atoms with Gasteiger partial charge in [0, 0.05) is 16.1 Å². The van der Waals surface area contributed by atoms with Crippen LogP contribution in [0.1, 0.15) is 27.4 Å². The fourth-order valence-corrected chi connectivity index (χ4v) is 2.29. The average molecular weight is 322 g/mol. The highest BCUT2D eigenvalue weighted by Gasteiger charge is 2.25. The van der Waals surface area contributed by atoms with Crippen molar-refractivity contribution in [3.05, 3.63) is 69.0 Å². The van der Waals surface area contributed by atoms with Crippen LogP contribution in [0.15, 0.2) is 36.4 Å². The number of carbonyl (C=O) groups excluding carboxylic acids is 1. The first-order valence-corrected chi connectivity index (χ1v) is 6.85. The molecule has 0 aliphatic rings. The Morgan fingerprint density at radius 3 is 2.57 bits per heavy atom. The lowest BCUT2D eigenvalue weighted by Crippen LogP contribution is -2.13. The van der Waals surface area contributed by atoms with Crippen LogP contribution in [0.25, 0.3) is 0 Å². The number of halogens is 3. The highest BCUT2D eigenvalue weighted by atomic mass is 35.5. The fraction of sp³-hybridized carbons (Fsp3) is 0.125. The second kappa shape index (κ2) is 6.26. The van der Waals surface area contributed by atoms with Gasteiger partial charge in [-0.3, -0.25) is 4.79 Å². The summed E-state index contributed by atoms with van der Waals surface area (Å²) < 4.78 is 14.0. The van der Waals surface area contributed by atoms with E-state index >= 15 is 0 Å². The van der Waals surface area contributed by atoms with Crippen LogP contribution in [0.2, 0.25) is 10.0 Å². The Morgan fingerprint density at radius 1 is 1.24 bits per heavy atom. The molecule has 0 fully saturated rings. The maximum atomic E-state index is 14.0. The molecule has 1 atom stereocenters. The van der Waals surface area contributed by atoms with Crippen molar-refractivity contribution in [2.45, 2.75) is 12.8 Å². The minimum absolute atomic E-state index is 0.0355. The number of rotatable bonds is 3. The van der Waals surface area contributed by atoms with Crippen molar-refractivity contribution in [2.24, 2.45) is 0 Å². The minimum Gasteiger partial charge on any atom is -0.292 e. The van der Waals surface area contributed by atoms with E-state index < -0.39 is 17.5 Å². The third-order valence-electron chi connectivity index (χ3n) is 3.14. The van der Waals surface area contributed by atoms with Crippen LogP contribution in [-0.2, 0) is 0 Å². The number of hydrogen-bond acceptors (Lipinski definition) is 2. The fourth-order valence-electron chi connectivity index (χ4n) is 1.93. The van der Waals surface area contributed by atoms with Crippen LogP contribution in [0.3, 0.4) is 0 Å². The Labute approximate surface area is 131 Å². The second-order valence-electron chi connectivity index (χ2n) is 4.53. The van der Waals surface area contributed by atoms with E-state index in [0.29, 0.717) is 5.02 Å². The molecule has 0 amide bonds. The minimum atomic E-state index is -1.26. The van der Waals surface area contributed by atoms with Gasteiger partial charge in [0.2, 0.25) is 0 Å². The molecule has 0 aromatic heterocycles. The Balaban J connectivity index is 2.46. The van der Waals surface area contributed by atoms with E-state index in [-0.39, 0.29) is 16.1 Å². The molecular weight excluding hydrogens is 312 g/mol. The number of Topliss-reactive ketones (excluding diaryl/α,β-unsaturated/α-hetero) is 1. The lowest BCUT2D eigenvalue weighted by Gasteiger charge is -2.11. The van der Waals surface area contributed by atoms with Gasteiger partial charge in [0.1, 0.15) is 11.7 Å². The quantitative estimate of drug-likeness (QED) is 0.752. The molecule has 2 nitrogen and oxygen atoms in total. The van der Waals surface area contributed by atoms with Gasteiger partial charge in [-0.25, -0.2) is 4.39 Å². The molecule has 106 valence electrons. The third-order valence-corrected chi connectivity index (χ3v) is 3.84. The molecule has 2 aromatic carbocycles. The van der Waals surface area contributed by atoms with Crippen LogP contribution in [0.5, 0.6) is 0 Å². The number of benzene rings is 2. The van der Waals surface area contributed by atoms with E-state index in [1.165, 1.54) is 24.3 Å². The van der Waals surface area contributed by atoms with Crippen molar-refractivity contribution in [1.82, 2.24) is 0 Å². The number of nitriles is 1. The summed E-state index contributed by atoms with van der Waals surface area (Å²) in [4.78, 5) is 12.4. The van der Waals surface area contributed by atoms with Crippen molar-refractivity contribution in [1.29, 1.82) is 5.26 Å². The van der Waals surface area contributed by atoms with E-state index in [0.717, 1.165) is 5.56 Å². The third kappa shape index (κ3) is 3.07. The van der Waals surface area contributed by atoms with Gasteiger partial charge in [0.25, 0.3) is 0 Å². The summed E-state index contributed by atoms with van der Waals surface area (Å²) in [6.07, 6.45) is 0. The molecule has 0 spiro atoms.